The summed E-state index contributed by atoms with van der Waals surface area (Å²) >= 11 is 1.92. The van der Waals surface area contributed by atoms with Crippen molar-refractivity contribution in [1.29, 1.82) is 0 Å². The molecule has 110 valence electrons. The van der Waals surface area contributed by atoms with Gasteiger partial charge in [-0.1, -0.05) is 25.1 Å². The number of esters is 1. The lowest BCUT2D eigenvalue weighted by Crippen LogP contribution is -2.35. The quantitative estimate of drug-likeness (QED) is 0.722. The van der Waals surface area contributed by atoms with Crippen molar-refractivity contribution < 1.29 is 9.53 Å². The summed E-state index contributed by atoms with van der Waals surface area (Å²) in [5.74, 6) is 1.53. The molecular formula is C16H23NO2S. The van der Waals surface area contributed by atoms with Gasteiger partial charge in [-0.2, -0.15) is 0 Å². The molecule has 0 aliphatic carbocycles. The molecule has 3 nitrogen and oxygen atoms in total. The molecule has 20 heavy (non-hydrogen) atoms. The van der Waals surface area contributed by atoms with Crippen LogP contribution in [-0.2, 0) is 9.53 Å². The Labute approximate surface area is 125 Å². The summed E-state index contributed by atoms with van der Waals surface area (Å²) in [6.45, 7) is 6.76. The van der Waals surface area contributed by atoms with Crippen LogP contribution in [0.15, 0.2) is 29.2 Å². The standard InChI is InChI=1S/C16H23NO2S/c1-3-9-17(11-16(18)19-4-2)10-13-12-20-15-8-6-5-7-14(13)15/h5-8,13H,3-4,9-12H2,1-2H3. The fraction of sp³-hybridized carbons (Fsp3) is 0.562. The Kier molecular flexibility index (Phi) is 5.92. The summed E-state index contributed by atoms with van der Waals surface area (Å²) in [7, 11) is 0. The van der Waals surface area contributed by atoms with Crippen molar-refractivity contribution in [3.8, 4) is 0 Å². The number of fused-ring (bicyclic) bond motifs is 1. The van der Waals surface area contributed by atoms with Crippen molar-refractivity contribution in [3.05, 3.63) is 29.8 Å². The van der Waals surface area contributed by atoms with Gasteiger partial charge in [0.1, 0.15) is 0 Å². The molecular weight excluding hydrogens is 270 g/mol. The molecule has 1 aliphatic heterocycles. The van der Waals surface area contributed by atoms with Gasteiger partial charge < -0.3 is 4.74 Å². The molecule has 1 heterocycles. The maximum absolute atomic E-state index is 11.7. The molecule has 0 fully saturated rings. The maximum atomic E-state index is 11.7. The van der Waals surface area contributed by atoms with Crippen LogP contribution in [-0.4, -0.2) is 42.9 Å². The summed E-state index contributed by atoms with van der Waals surface area (Å²) in [6.07, 6.45) is 1.06. The second-order valence-electron chi connectivity index (χ2n) is 5.09. The first-order valence-electron chi connectivity index (χ1n) is 7.34. The van der Waals surface area contributed by atoms with E-state index in [2.05, 4.69) is 36.1 Å². The van der Waals surface area contributed by atoms with Gasteiger partial charge in [-0.15, -0.1) is 11.8 Å². The minimum atomic E-state index is -0.111. The highest BCUT2D eigenvalue weighted by atomic mass is 32.2. The Hall–Kier alpha value is -1.00. The molecule has 0 amide bonds. The molecule has 1 unspecified atom stereocenters. The van der Waals surface area contributed by atoms with Crippen LogP contribution in [0, 0.1) is 0 Å². The van der Waals surface area contributed by atoms with Crippen molar-refractivity contribution >= 4 is 17.7 Å². The Morgan fingerprint density at radius 3 is 2.95 bits per heavy atom. The minimum absolute atomic E-state index is 0.111. The fourth-order valence-electron chi connectivity index (χ4n) is 2.63. The van der Waals surface area contributed by atoms with Crippen LogP contribution in [0.5, 0.6) is 0 Å². The van der Waals surface area contributed by atoms with Crippen LogP contribution in [0.3, 0.4) is 0 Å². The Morgan fingerprint density at radius 1 is 1.40 bits per heavy atom. The first kappa shape index (κ1) is 15.4. The Bertz CT molecular complexity index is 450. The number of carbonyl (C=O) groups is 1. The molecule has 1 aromatic carbocycles. The molecule has 1 aromatic rings. The second kappa shape index (κ2) is 7.70. The maximum Gasteiger partial charge on any atom is 0.320 e. The molecule has 1 atom stereocenters. The normalized spacial score (nSPS) is 17.2. The van der Waals surface area contributed by atoms with Crippen molar-refractivity contribution in [2.75, 3.05) is 32.0 Å². The van der Waals surface area contributed by atoms with Crippen LogP contribution in [0.2, 0.25) is 0 Å². The van der Waals surface area contributed by atoms with Gasteiger partial charge in [0, 0.05) is 23.1 Å². The molecule has 0 saturated carbocycles. The third-order valence-electron chi connectivity index (χ3n) is 3.48. The minimum Gasteiger partial charge on any atom is -0.465 e. The molecule has 0 radical (unpaired) electrons. The Morgan fingerprint density at radius 2 is 2.20 bits per heavy atom. The lowest BCUT2D eigenvalue weighted by Gasteiger charge is -2.24. The van der Waals surface area contributed by atoms with Crippen molar-refractivity contribution in [2.45, 2.75) is 31.1 Å². The average molecular weight is 293 g/mol. The average Bonchev–Trinajstić information content (AvgIpc) is 2.83. The van der Waals surface area contributed by atoms with Crippen LogP contribution in [0.25, 0.3) is 0 Å². The van der Waals surface area contributed by atoms with Crippen molar-refractivity contribution in [3.63, 3.8) is 0 Å². The summed E-state index contributed by atoms with van der Waals surface area (Å²) < 4.78 is 5.07. The van der Waals surface area contributed by atoms with Crippen LogP contribution < -0.4 is 0 Å². The van der Waals surface area contributed by atoms with Gasteiger partial charge in [0.05, 0.1) is 13.2 Å². The number of benzene rings is 1. The van der Waals surface area contributed by atoms with Gasteiger partial charge >= 0.3 is 5.97 Å². The fourth-order valence-corrected chi connectivity index (χ4v) is 3.87. The number of carbonyl (C=O) groups excluding carboxylic acids is 1. The molecule has 4 heteroatoms. The molecule has 1 aliphatic rings. The van der Waals surface area contributed by atoms with E-state index in [-0.39, 0.29) is 5.97 Å². The number of nitrogens with zero attached hydrogens (tertiary/aromatic N) is 1. The van der Waals surface area contributed by atoms with E-state index in [1.54, 1.807) is 0 Å². The number of hydrogen-bond donors (Lipinski definition) is 0. The van der Waals surface area contributed by atoms with Crippen molar-refractivity contribution in [1.82, 2.24) is 4.90 Å². The molecule has 0 bridgehead atoms. The molecule has 0 N–H and O–H groups in total. The molecule has 0 saturated heterocycles. The van der Waals surface area contributed by atoms with E-state index in [1.165, 1.54) is 10.5 Å². The topological polar surface area (TPSA) is 29.5 Å². The molecule has 2 rings (SSSR count). The first-order valence-corrected chi connectivity index (χ1v) is 8.32. The number of ether oxygens (including phenoxy) is 1. The first-order chi connectivity index (χ1) is 9.74. The zero-order valence-corrected chi connectivity index (χ0v) is 13.1. The smallest absolute Gasteiger partial charge is 0.320 e. The van der Waals surface area contributed by atoms with E-state index in [9.17, 15) is 4.79 Å². The summed E-state index contributed by atoms with van der Waals surface area (Å²) in [5, 5.41) is 0. The van der Waals surface area contributed by atoms with E-state index in [1.807, 2.05) is 18.7 Å². The lowest BCUT2D eigenvalue weighted by molar-refractivity contribution is -0.144. The van der Waals surface area contributed by atoms with Gasteiger partial charge in [-0.25, -0.2) is 0 Å². The van der Waals surface area contributed by atoms with Gasteiger partial charge in [-0.3, -0.25) is 9.69 Å². The third kappa shape index (κ3) is 4.00. The highest BCUT2D eigenvalue weighted by Gasteiger charge is 2.25. The molecule has 0 spiro atoms. The SMILES string of the molecule is CCCN(CC(=O)OCC)CC1CSc2ccccc21. The van der Waals surface area contributed by atoms with Gasteiger partial charge in [0.25, 0.3) is 0 Å². The predicted octanol–water partition coefficient (Wildman–Crippen LogP) is 3.15. The Balaban J connectivity index is 1.97. The van der Waals surface area contributed by atoms with Crippen LogP contribution >= 0.6 is 11.8 Å². The monoisotopic (exact) mass is 293 g/mol. The zero-order valence-electron chi connectivity index (χ0n) is 12.3. The highest BCUT2D eigenvalue weighted by molar-refractivity contribution is 7.99. The van der Waals surface area contributed by atoms with E-state index >= 15 is 0 Å². The number of hydrogen-bond acceptors (Lipinski definition) is 4. The number of rotatable bonds is 7. The van der Waals surface area contributed by atoms with E-state index in [4.69, 9.17) is 4.74 Å². The summed E-state index contributed by atoms with van der Waals surface area (Å²) in [6, 6.07) is 8.61. The largest absolute Gasteiger partial charge is 0.465 e. The highest BCUT2D eigenvalue weighted by Crippen LogP contribution is 2.39. The lowest BCUT2D eigenvalue weighted by atomic mass is 10.0. The summed E-state index contributed by atoms with van der Waals surface area (Å²) in [5.41, 5.74) is 1.43. The van der Waals surface area contributed by atoms with Gasteiger partial charge in [0.2, 0.25) is 0 Å². The van der Waals surface area contributed by atoms with E-state index in [0.29, 0.717) is 19.1 Å². The van der Waals surface area contributed by atoms with Gasteiger partial charge in [-0.05, 0) is 31.5 Å². The van der Waals surface area contributed by atoms with Crippen LogP contribution in [0.4, 0.5) is 0 Å². The van der Waals surface area contributed by atoms with E-state index < -0.39 is 0 Å². The molecule has 0 aromatic heterocycles. The van der Waals surface area contributed by atoms with Crippen molar-refractivity contribution in [2.24, 2.45) is 0 Å². The number of thioether (sulfide) groups is 1. The summed E-state index contributed by atoms with van der Waals surface area (Å²) in [4.78, 5) is 15.3. The van der Waals surface area contributed by atoms with E-state index in [0.717, 1.165) is 25.3 Å². The van der Waals surface area contributed by atoms with Gasteiger partial charge in [0.15, 0.2) is 0 Å². The third-order valence-corrected chi connectivity index (χ3v) is 4.73. The van der Waals surface area contributed by atoms with Crippen LogP contribution in [0.1, 0.15) is 31.7 Å². The second-order valence-corrected chi connectivity index (χ2v) is 6.15. The predicted molar refractivity (Wildman–Crippen MR) is 83.3 cm³/mol. The zero-order chi connectivity index (χ0) is 14.4.